The number of nitrogens with one attached hydrogen (secondary N) is 1. The topological polar surface area (TPSA) is 129 Å². The van der Waals surface area contributed by atoms with Crippen LogP contribution in [0.2, 0.25) is 0 Å². The second kappa shape index (κ2) is 9.13. The largest absolute Gasteiger partial charge is 0.506 e. The molecule has 9 nitrogen and oxygen atoms in total. The number of benzene rings is 1. The van der Waals surface area contributed by atoms with Gasteiger partial charge in [-0.25, -0.2) is 4.68 Å². The maximum absolute atomic E-state index is 11.7. The van der Waals surface area contributed by atoms with Crippen molar-refractivity contribution in [1.29, 1.82) is 0 Å². The second-order valence-electron chi connectivity index (χ2n) is 7.50. The van der Waals surface area contributed by atoms with Crippen molar-refractivity contribution in [3.8, 4) is 11.6 Å². The predicted octanol–water partition coefficient (Wildman–Crippen LogP) is 5.28. The van der Waals surface area contributed by atoms with Crippen LogP contribution in [0.15, 0.2) is 33.3 Å². The van der Waals surface area contributed by atoms with Crippen molar-refractivity contribution in [3.05, 3.63) is 34.4 Å². The number of rotatable bonds is 4. The lowest BCUT2D eigenvalue weighted by atomic mass is 9.95. The fraction of sp³-hybridized carbons (Fsp3) is 0.350. The lowest BCUT2D eigenvalue weighted by Crippen LogP contribution is -2.28. The SMILES string of the molecule is Cc1nn(C2CCC(Cl)C(Cl)C2)c(O)c1/N=N/c1ccc(/C=C2\SC(=O)NC2=O)cc1O. The van der Waals surface area contributed by atoms with Crippen LogP contribution in [0.1, 0.15) is 36.6 Å². The molecule has 1 saturated carbocycles. The minimum absolute atomic E-state index is 0.0894. The number of aromatic hydroxyl groups is 2. The van der Waals surface area contributed by atoms with E-state index in [1.165, 1.54) is 22.9 Å². The molecule has 168 valence electrons. The molecule has 32 heavy (non-hydrogen) atoms. The zero-order valence-corrected chi connectivity index (χ0v) is 19.2. The van der Waals surface area contributed by atoms with Gasteiger partial charge in [0.05, 0.1) is 27.4 Å². The van der Waals surface area contributed by atoms with E-state index in [0.29, 0.717) is 17.7 Å². The normalized spacial score (nSPS) is 25.1. The maximum atomic E-state index is 11.7. The van der Waals surface area contributed by atoms with Crippen LogP contribution in [-0.2, 0) is 4.79 Å². The number of hydrogen-bond donors (Lipinski definition) is 3. The second-order valence-corrected chi connectivity index (χ2v) is 9.64. The van der Waals surface area contributed by atoms with Crippen molar-refractivity contribution < 1.29 is 19.8 Å². The maximum Gasteiger partial charge on any atom is 0.290 e. The monoisotopic (exact) mass is 495 g/mol. The molecule has 2 amide bonds. The van der Waals surface area contributed by atoms with Gasteiger partial charge in [-0.05, 0) is 61.7 Å². The first-order valence-corrected chi connectivity index (χ1v) is 11.5. The first-order valence-electron chi connectivity index (χ1n) is 9.78. The molecule has 2 fully saturated rings. The molecule has 3 unspecified atom stereocenters. The molecule has 4 rings (SSSR count). The smallest absolute Gasteiger partial charge is 0.290 e. The van der Waals surface area contributed by atoms with E-state index in [1.807, 2.05) is 0 Å². The average molecular weight is 496 g/mol. The van der Waals surface area contributed by atoms with Crippen molar-refractivity contribution in [3.63, 3.8) is 0 Å². The van der Waals surface area contributed by atoms with E-state index in [0.717, 1.165) is 24.6 Å². The number of nitrogens with zero attached hydrogens (tertiary/aromatic N) is 4. The highest BCUT2D eigenvalue weighted by Gasteiger charge is 2.31. The molecule has 2 heterocycles. The first kappa shape index (κ1) is 22.6. The van der Waals surface area contributed by atoms with Crippen LogP contribution < -0.4 is 5.32 Å². The van der Waals surface area contributed by atoms with E-state index in [1.54, 1.807) is 13.0 Å². The average Bonchev–Trinajstić information content (AvgIpc) is 3.20. The van der Waals surface area contributed by atoms with Gasteiger partial charge in [0.25, 0.3) is 11.1 Å². The van der Waals surface area contributed by atoms with E-state index in [-0.39, 0.29) is 44.7 Å². The summed E-state index contributed by atoms with van der Waals surface area (Å²) in [6.45, 7) is 1.71. The van der Waals surface area contributed by atoms with E-state index in [4.69, 9.17) is 23.2 Å². The Balaban J connectivity index is 1.53. The quantitative estimate of drug-likeness (QED) is 0.300. The van der Waals surface area contributed by atoms with Crippen LogP contribution in [0.25, 0.3) is 6.08 Å². The highest BCUT2D eigenvalue weighted by Crippen LogP contribution is 2.41. The van der Waals surface area contributed by atoms with Gasteiger partial charge >= 0.3 is 0 Å². The summed E-state index contributed by atoms with van der Waals surface area (Å²) in [6, 6.07) is 4.45. The Morgan fingerprint density at radius 2 is 2.00 bits per heavy atom. The minimum atomic E-state index is -0.480. The van der Waals surface area contributed by atoms with E-state index >= 15 is 0 Å². The van der Waals surface area contributed by atoms with Gasteiger partial charge in [0.15, 0.2) is 5.69 Å². The summed E-state index contributed by atoms with van der Waals surface area (Å²) < 4.78 is 1.50. The van der Waals surface area contributed by atoms with E-state index in [2.05, 4.69) is 20.6 Å². The summed E-state index contributed by atoms with van der Waals surface area (Å²) in [7, 11) is 0. The van der Waals surface area contributed by atoms with Crippen LogP contribution >= 0.6 is 35.0 Å². The highest BCUT2D eigenvalue weighted by molar-refractivity contribution is 8.18. The van der Waals surface area contributed by atoms with Crippen LogP contribution in [0.3, 0.4) is 0 Å². The van der Waals surface area contributed by atoms with Crippen LogP contribution in [0.5, 0.6) is 11.6 Å². The summed E-state index contributed by atoms with van der Waals surface area (Å²) >= 11 is 13.3. The Kier molecular flexibility index (Phi) is 6.45. The number of aryl methyl sites for hydroxylation is 1. The predicted molar refractivity (Wildman–Crippen MR) is 122 cm³/mol. The lowest BCUT2D eigenvalue weighted by Gasteiger charge is -2.29. The molecule has 0 spiro atoms. The number of imide groups is 1. The molecule has 12 heteroatoms. The molecule has 1 saturated heterocycles. The van der Waals surface area contributed by atoms with Gasteiger partial charge in [-0.3, -0.25) is 14.9 Å². The van der Waals surface area contributed by atoms with Crippen LogP contribution in [0, 0.1) is 6.92 Å². The summed E-state index contributed by atoms with van der Waals surface area (Å²) in [6.07, 6.45) is 3.54. The highest BCUT2D eigenvalue weighted by atomic mass is 35.5. The zero-order valence-electron chi connectivity index (χ0n) is 16.8. The molecule has 3 N–H and O–H groups in total. The number of alkyl halides is 2. The molecule has 2 aromatic rings. The molecular weight excluding hydrogens is 477 g/mol. The third-order valence-electron chi connectivity index (χ3n) is 5.24. The number of phenols is 1. The molecular formula is C20H19Cl2N5O4S. The third-order valence-corrected chi connectivity index (χ3v) is 7.18. The van der Waals surface area contributed by atoms with Gasteiger partial charge in [0.2, 0.25) is 5.88 Å². The zero-order chi connectivity index (χ0) is 23.0. The van der Waals surface area contributed by atoms with Gasteiger partial charge in [0, 0.05) is 0 Å². The Labute approximate surface area is 197 Å². The number of hydrogen-bond acceptors (Lipinski definition) is 8. The fourth-order valence-electron chi connectivity index (χ4n) is 3.57. The van der Waals surface area contributed by atoms with Gasteiger partial charge < -0.3 is 10.2 Å². The molecule has 1 aromatic carbocycles. The molecule has 2 aliphatic rings. The number of aromatic nitrogens is 2. The van der Waals surface area contributed by atoms with Crippen molar-refractivity contribution in [2.45, 2.75) is 43.0 Å². The molecule has 1 aliphatic heterocycles. The number of amides is 2. The number of carbonyl (C=O) groups excluding carboxylic acids is 2. The Morgan fingerprint density at radius 3 is 2.66 bits per heavy atom. The number of phenolic OH excluding ortho intramolecular Hbond substituents is 1. The van der Waals surface area contributed by atoms with Crippen LogP contribution in [-0.4, -0.2) is 41.9 Å². The van der Waals surface area contributed by atoms with Crippen molar-refractivity contribution >= 4 is 63.6 Å². The number of halogens is 2. The van der Waals surface area contributed by atoms with Crippen molar-refractivity contribution in [2.75, 3.05) is 0 Å². The Bertz CT molecular complexity index is 1150. The molecule has 3 atom stereocenters. The molecule has 1 aliphatic carbocycles. The van der Waals surface area contributed by atoms with Crippen molar-refractivity contribution in [2.24, 2.45) is 10.2 Å². The Hall–Kier alpha value is -2.56. The van der Waals surface area contributed by atoms with Crippen molar-refractivity contribution in [1.82, 2.24) is 15.1 Å². The lowest BCUT2D eigenvalue weighted by molar-refractivity contribution is -0.115. The third kappa shape index (κ3) is 4.62. The standard InChI is InChI=1S/C20H19Cl2N5O4S/c1-9-17(19(30)27(26-9)11-3-4-12(21)13(22)8-11)25-24-14-5-2-10(6-15(14)28)7-16-18(29)23-20(31)32-16/h2,5-7,11-13,28,30H,3-4,8H2,1H3,(H,23,29,31)/b16-7-,25-24+. The van der Waals surface area contributed by atoms with Gasteiger partial charge in [-0.15, -0.1) is 33.4 Å². The van der Waals surface area contributed by atoms with Gasteiger partial charge in [-0.2, -0.15) is 5.10 Å². The van der Waals surface area contributed by atoms with E-state index in [9.17, 15) is 19.8 Å². The van der Waals surface area contributed by atoms with E-state index < -0.39 is 11.1 Å². The molecule has 1 aromatic heterocycles. The molecule has 0 bridgehead atoms. The summed E-state index contributed by atoms with van der Waals surface area (Å²) in [5.41, 5.74) is 1.38. The van der Waals surface area contributed by atoms with Gasteiger partial charge in [0.1, 0.15) is 11.4 Å². The number of azo groups is 1. The first-order chi connectivity index (χ1) is 15.2. The van der Waals surface area contributed by atoms with Crippen LogP contribution in [0.4, 0.5) is 16.2 Å². The molecule has 0 radical (unpaired) electrons. The summed E-state index contributed by atoms with van der Waals surface area (Å²) in [4.78, 5) is 23.1. The summed E-state index contributed by atoms with van der Waals surface area (Å²) in [5, 5.41) is 34.9. The number of carbonyl (C=O) groups is 2. The summed E-state index contributed by atoms with van der Waals surface area (Å²) in [5.74, 6) is -0.776. The number of thioether (sulfide) groups is 1. The van der Waals surface area contributed by atoms with Gasteiger partial charge in [-0.1, -0.05) is 6.07 Å². The fourth-order valence-corrected chi connectivity index (χ4v) is 4.81. The minimum Gasteiger partial charge on any atom is -0.506 e. The Morgan fingerprint density at radius 1 is 1.22 bits per heavy atom.